The summed E-state index contributed by atoms with van der Waals surface area (Å²) >= 11 is 0. The van der Waals surface area contributed by atoms with E-state index in [1.807, 2.05) is 0 Å². The topological polar surface area (TPSA) is 66.5 Å². The zero-order valence-electron chi connectivity index (χ0n) is 14.3. The molecule has 2 aromatic carbocycles. The molecule has 2 aromatic rings. The van der Waals surface area contributed by atoms with Crippen molar-refractivity contribution in [3.63, 3.8) is 0 Å². The SMILES string of the molecule is Cc1ccc(NC(=O)c2ccccc2C(F)(F)F)cc1S(=O)(=O)N(C)C. The first-order valence-corrected chi connectivity index (χ1v) is 8.89. The molecule has 1 N–H and O–H groups in total. The van der Waals surface area contributed by atoms with Crippen molar-refractivity contribution < 1.29 is 26.4 Å². The number of hydrogen-bond donors (Lipinski definition) is 1. The van der Waals surface area contributed by atoms with Gasteiger partial charge in [0.1, 0.15) is 0 Å². The second-order valence-corrected chi connectivity index (χ2v) is 7.89. The van der Waals surface area contributed by atoms with Crippen LogP contribution in [-0.2, 0) is 16.2 Å². The van der Waals surface area contributed by atoms with Crippen molar-refractivity contribution in [2.24, 2.45) is 0 Å². The number of rotatable bonds is 4. The number of benzene rings is 2. The molecule has 0 unspecified atom stereocenters. The molecule has 1 amide bonds. The highest BCUT2D eigenvalue weighted by Gasteiger charge is 2.34. The lowest BCUT2D eigenvalue weighted by atomic mass is 10.1. The van der Waals surface area contributed by atoms with E-state index in [9.17, 15) is 26.4 Å². The molecule has 0 spiro atoms. The molecule has 0 fully saturated rings. The largest absolute Gasteiger partial charge is 0.417 e. The van der Waals surface area contributed by atoms with Crippen molar-refractivity contribution in [3.05, 3.63) is 59.2 Å². The van der Waals surface area contributed by atoms with Gasteiger partial charge in [-0.3, -0.25) is 4.79 Å². The van der Waals surface area contributed by atoms with Gasteiger partial charge in [-0.15, -0.1) is 0 Å². The summed E-state index contributed by atoms with van der Waals surface area (Å²) in [7, 11) is -1.04. The van der Waals surface area contributed by atoms with Crippen molar-refractivity contribution >= 4 is 21.6 Å². The van der Waals surface area contributed by atoms with Crippen molar-refractivity contribution in [1.29, 1.82) is 0 Å². The zero-order valence-corrected chi connectivity index (χ0v) is 15.1. The average Bonchev–Trinajstić information content (AvgIpc) is 2.55. The molecular formula is C17H17F3N2O3S. The summed E-state index contributed by atoms with van der Waals surface area (Å²) in [5.41, 5.74) is -1.08. The Morgan fingerprint density at radius 2 is 1.69 bits per heavy atom. The van der Waals surface area contributed by atoms with E-state index >= 15 is 0 Å². The lowest BCUT2D eigenvalue weighted by Gasteiger charge is -2.16. The molecule has 0 heterocycles. The Bertz CT molecular complexity index is 939. The molecule has 5 nitrogen and oxygen atoms in total. The fraction of sp³-hybridized carbons (Fsp3) is 0.235. The summed E-state index contributed by atoms with van der Waals surface area (Å²) in [5, 5.41) is 2.33. The summed E-state index contributed by atoms with van der Waals surface area (Å²) in [4.78, 5) is 12.3. The Morgan fingerprint density at radius 3 is 2.27 bits per heavy atom. The number of anilines is 1. The van der Waals surface area contributed by atoms with Gasteiger partial charge in [0.05, 0.1) is 16.0 Å². The van der Waals surface area contributed by atoms with Crippen LogP contribution in [0.2, 0.25) is 0 Å². The molecule has 0 aromatic heterocycles. The van der Waals surface area contributed by atoms with Crippen LogP contribution < -0.4 is 5.32 Å². The maximum absolute atomic E-state index is 13.0. The van der Waals surface area contributed by atoms with Crippen LogP contribution in [0.4, 0.5) is 18.9 Å². The predicted molar refractivity (Wildman–Crippen MR) is 91.4 cm³/mol. The number of alkyl halides is 3. The summed E-state index contributed by atoms with van der Waals surface area (Å²) in [6.07, 6.45) is -4.68. The van der Waals surface area contributed by atoms with E-state index in [-0.39, 0.29) is 10.6 Å². The number of amides is 1. The Morgan fingerprint density at radius 1 is 1.08 bits per heavy atom. The Balaban J connectivity index is 2.41. The summed E-state index contributed by atoms with van der Waals surface area (Å²) < 4.78 is 64.8. The van der Waals surface area contributed by atoms with E-state index in [0.717, 1.165) is 16.4 Å². The molecule has 140 valence electrons. The molecule has 0 aliphatic rings. The standard InChI is InChI=1S/C17H17F3N2O3S/c1-11-8-9-12(10-15(11)26(24,25)22(2)3)21-16(23)13-6-4-5-7-14(13)17(18,19)20/h4-10H,1-3H3,(H,21,23). The van der Waals surface area contributed by atoms with E-state index in [4.69, 9.17) is 0 Å². The molecule has 0 aliphatic heterocycles. The van der Waals surface area contributed by atoms with Crippen LogP contribution in [0.15, 0.2) is 47.4 Å². The Labute approximate surface area is 149 Å². The molecule has 0 saturated heterocycles. The van der Waals surface area contributed by atoms with Crippen LogP contribution >= 0.6 is 0 Å². The summed E-state index contributed by atoms with van der Waals surface area (Å²) in [5.74, 6) is -0.977. The van der Waals surface area contributed by atoms with Crippen molar-refractivity contribution in [2.45, 2.75) is 18.0 Å². The van der Waals surface area contributed by atoms with Gasteiger partial charge in [0.15, 0.2) is 0 Å². The van der Waals surface area contributed by atoms with Gasteiger partial charge in [-0.1, -0.05) is 18.2 Å². The Hall–Kier alpha value is -2.39. The normalized spacial score (nSPS) is 12.3. The second kappa shape index (κ2) is 7.08. The molecule has 9 heteroatoms. The number of nitrogens with zero attached hydrogens (tertiary/aromatic N) is 1. The number of nitrogens with one attached hydrogen (secondary N) is 1. The molecule has 26 heavy (non-hydrogen) atoms. The molecule has 0 atom stereocenters. The third-order valence-electron chi connectivity index (χ3n) is 3.68. The number of aryl methyl sites for hydroxylation is 1. The molecular weight excluding hydrogens is 369 g/mol. The van der Waals surface area contributed by atoms with Crippen LogP contribution in [0.1, 0.15) is 21.5 Å². The first-order valence-electron chi connectivity index (χ1n) is 7.45. The first-order chi connectivity index (χ1) is 11.9. The molecule has 0 aliphatic carbocycles. The van der Waals surface area contributed by atoms with Crippen LogP contribution in [0, 0.1) is 6.92 Å². The van der Waals surface area contributed by atoms with Gasteiger partial charge in [-0.25, -0.2) is 12.7 Å². The van der Waals surface area contributed by atoms with Crippen LogP contribution in [0.5, 0.6) is 0 Å². The van der Waals surface area contributed by atoms with Crippen LogP contribution in [-0.4, -0.2) is 32.7 Å². The van der Waals surface area contributed by atoms with Crippen LogP contribution in [0.3, 0.4) is 0 Å². The smallest absolute Gasteiger partial charge is 0.322 e. The zero-order chi connectivity index (χ0) is 19.7. The van der Waals surface area contributed by atoms with E-state index in [1.54, 1.807) is 6.92 Å². The second-order valence-electron chi connectivity index (χ2n) is 5.77. The highest BCUT2D eigenvalue weighted by molar-refractivity contribution is 7.89. The third kappa shape index (κ3) is 4.05. The van der Waals surface area contributed by atoms with Gasteiger partial charge in [0, 0.05) is 19.8 Å². The number of sulfonamides is 1. The molecule has 0 radical (unpaired) electrons. The van der Waals surface area contributed by atoms with E-state index in [0.29, 0.717) is 5.56 Å². The van der Waals surface area contributed by atoms with Gasteiger partial charge in [0.2, 0.25) is 10.0 Å². The van der Waals surface area contributed by atoms with Crippen LogP contribution in [0.25, 0.3) is 0 Å². The van der Waals surface area contributed by atoms with Gasteiger partial charge in [0.25, 0.3) is 5.91 Å². The number of halogens is 3. The average molecular weight is 386 g/mol. The lowest BCUT2D eigenvalue weighted by molar-refractivity contribution is -0.137. The molecule has 2 rings (SSSR count). The third-order valence-corrected chi connectivity index (χ3v) is 5.64. The van der Waals surface area contributed by atoms with E-state index < -0.39 is 33.2 Å². The molecule has 0 saturated carbocycles. The fourth-order valence-electron chi connectivity index (χ4n) is 2.28. The minimum Gasteiger partial charge on any atom is -0.322 e. The van der Waals surface area contributed by atoms with Gasteiger partial charge in [-0.2, -0.15) is 13.2 Å². The first kappa shape index (κ1) is 19.9. The predicted octanol–water partition coefficient (Wildman–Crippen LogP) is 3.52. The monoisotopic (exact) mass is 386 g/mol. The highest BCUT2D eigenvalue weighted by Crippen LogP contribution is 2.32. The minimum absolute atomic E-state index is 0.0376. The fourth-order valence-corrected chi connectivity index (χ4v) is 3.42. The Kier molecular flexibility index (Phi) is 5.43. The summed E-state index contributed by atoms with van der Waals surface area (Å²) in [6, 6.07) is 8.50. The minimum atomic E-state index is -4.68. The van der Waals surface area contributed by atoms with Crippen molar-refractivity contribution in [1.82, 2.24) is 4.31 Å². The maximum Gasteiger partial charge on any atom is 0.417 e. The molecule has 0 bridgehead atoms. The van der Waals surface area contributed by atoms with Crippen molar-refractivity contribution in [3.8, 4) is 0 Å². The quantitative estimate of drug-likeness (QED) is 0.874. The summed E-state index contributed by atoms with van der Waals surface area (Å²) in [6.45, 7) is 1.58. The number of hydrogen-bond acceptors (Lipinski definition) is 3. The maximum atomic E-state index is 13.0. The van der Waals surface area contributed by atoms with Gasteiger partial charge >= 0.3 is 6.18 Å². The van der Waals surface area contributed by atoms with Crippen molar-refractivity contribution in [2.75, 3.05) is 19.4 Å². The van der Waals surface area contributed by atoms with Gasteiger partial charge < -0.3 is 5.32 Å². The van der Waals surface area contributed by atoms with Gasteiger partial charge in [-0.05, 0) is 36.8 Å². The van der Waals surface area contributed by atoms with E-state index in [1.165, 1.54) is 44.4 Å². The number of carbonyl (C=O) groups is 1. The van der Waals surface area contributed by atoms with E-state index in [2.05, 4.69) is 5.32 Å². The number of carbonyl (C=O) groups excluding carboxylic acids is 1. The lowest BCUT2D eigenvalue weighted by Crippen LogP contribution is -2.23. The highest BCUT2D eigenvalue weighted by atomic mass is 32.2.